The fraction of sp³-hybridized carbons (Fsp3) is 0.227. The van der Waals surface area contributed by atoms with E-state index in [2.05, 4.69) is 10.3 Å². The predicted molar refractivity (Wildman–Crippen MR) is 104 cm³/mol. The molecule has 1 saturated heterocycles. The number of carbonyl (C=O) groups excluding carboxylic acids is 2. The molecular formula is C22H21N3O3. The van der Waals surface area contributed by atoms with E-state index in [1.807, 2.05) is 60.7 Å². The number of nitrogens with zero attached hydrogens (tertiary/aromatic N) is 2. The van der Waals surface area contributed by atoms with E-state index >= 15 is 0 Å². The van der Waals surface area contributed by atoms with Crippen molar-refractivity contribution in [2.75, 3.05) is 13.1 Å². The van der Waals surface area contributed by atoms with Crippen molar-refractivity contribution in [2.24, 2.45) is 0 Å². The highest BCUT2D eigenvalue weighted by molar-refractivity contribution is 5.86. The predicted octanol–water partition coefficient (Wildman–Crippen LogP) is 2.97. The number of rotatable bonds is 6. The Balaban J connectivity index is 1.29. The number of likely N-dealkylation sites (tertiary alicyclic amines) is 1. The Kier molecular flexibility index (Phi) is 5.19. The highest BCUT2D eigenvalue weighted by atomic mass is 16.3. The molecule has 142 valence electrons. The van der Waals surface area contributed by atoms with Gasteiger partial charge in [0.25, 0.3) is 0 Å². The highest BCUT2D eigenvalue weighted by Gasteiger charge is 2.31. The van der Waals surface area contributed by atoms with Crippen LogP contribution in [0.2, 0.25) is 0 Å². The van der Waals surface area contributed by atoms with Crippen molar-refractivity contribution in [1.82, 2.24) is 15.2 Å². The summed E-state index contributed by atoms with van der Waals surface area (Å²) in [7, 11) is 0. The number of aromatic nitrogens is 1. The number of amides is 2. The molecule has 1 aromatic heterocycles. The van der Waals surface area contributed by atoms with Crippen LogP contribution in [0.1, 0.15) is 23.6 Å². The van der Waals surface area contributed by atoms with E-state index in [0.29, 0.717) is 24.6 Å². The largest absolute Gasteiger partial charge is 0.444 e. The van der Waals surface area contributed by atoms with Gasteiger partial charge in [0.2, 0.25) is 17.7 Å². The first kappa shape index (κ1) is 18.0. The molecule has 6 nitrogen and oxygen atoms in total. The third-order valence-corrected chi connectivity index (χ3v) is 4.86. The smallest absolute Gasteiger partial charge is 0.239 e. The van der Waals surface area contributed by atoms with E-state index in [-0.39, 0.29) is 30.8 Å². The van der Waals surface area contributed by atoms with Crippen LogP contribution in [0.15, 0.2) is 71.3 Å². The molecule has 2 aromatic carbocycles. The van der Waals surface area contributed by atoms with Gasteiger partial charge in [-0.1, -0.05) is 48.5 Å². The van der Waals surface area contributed by atoms with Crippen molar-refractivity contribution in [2.45, 2.75) is 18.9 Å². The molecule has 0 radical (unpaired) electrons. The molecule has 2 heterocycles. The second kappa shape index (κ2) is 8.08. The lowest BCUT2D eigenvalue weighted by Crippen LogP contribution is -2.37. The molecule has 0 spiro atoms. The summed E-state index contributed by atoms with van der Waals surface area (Å²) in [4.78, 5) is 30.5. The summed E-state index contributed by atoms with van der Waals surface area (Å²) in [6, 6.07) is 19.5. The van der Waals surface area contributed by atoms with Crippen molar-refractivity contribution >= 4 is 11.8 Å². The fourth-order valence-electron chi connectivity index (χ4n) is 3.39. The Hall–Kier alpha value is -3.41. The maximum Gasteiger partial charge on any atom is 0.239 e. The molecule has 0 saturated carbocycles. The average Bonchev–Trinajstić information content (AvgIpc) is 3.35. The molecule has 2 amide bonds. The van der Waals surface area contributed by atoms with Crippen molar-refractivity contribution in [3.63, 3.8) is 0 Å². The molecule has 0 bridgehead atoms. The van der Waals surface area contributed by atoms with E-state index in [9.17, 15) is 9.59 Å². The van der Waals surface area contributed by atoms with Crippen LogP contribution in [0.5, 0.6) is 0 Å². The van der Waals surface area contributed by atoms with E-state index in [1.54, 1.807) is 4.90 Å². The van der Waals surface area contributed by atoms with Gasteiger partial charge in [-0.25, -0.2) is 4.98 Å². The molecule has 3 aromatic rings. The maximum absolute atomic E-state index is 12.3. The van der Waals surface area contributed by atoms with E-state index < -0.39 is 0 Å². The van der Waals surface area contributed by atoms with Gasteiger partial charge in [0, 0.05) is 24.4 Å². The standard InChI is InChI=1S/C22H21N3O3/c26-20(14-25-13-18(11-21(25)27)16-7-3-1-4-8-16)23-12-19-15-28-22(24-19)17-9-5-2-6-10-17/h1-10,15,18H,11-14H2,(H,23,26). The maximum atomic E-state index is 12.3. The van der Waals surface area contributed by atoms with Crippen molar-refractivity contribution < 1.29 is 14.0 Å². The van der Waals surface area contributed by atoms with Gasteiger partial charge in [0.15, 0.2) is 0 Å². The fourth-order valence-corrected chi connectivity index (χ4v) is 3.39. The molecule has 4 rings (SSSR count). The van der Waals surface area contributed by atoms with Crippen molar-refractivity contribution in [3.8, 4) is 11.5 Å². The zero-order valence-corrected chi connectivity index (χ0v) is 15.4. The number of carbonyl (C=O) groups is 2. The summed E-state index contributed by atoms with van der Waals surface area (Å²) in [5.41, 5.74) is 2.66. The van der Waals surface area contributed by atoms with Crippen LogP contribution in [-0.2, 0) is 16.1 Å². The first-order valence-corrected chi connectivity index (χ1v) is 9.28. The summed E-state index contributed by atoms with van der Waals surface area (Å²) >= 11 is 0. The van der Waals surface area contributed by atoms with E-state index in [0.717, 1.165) is 11.1 Å². The number of oxazole rings is 1. The Morgan fingerprint density at radius 2 is 1.82 bits per heavy atom. The minimum absolute atomic E-state index is 0.0109. The number of benzene rings is 2. The van der Waals surface area contributed by atoms with Crippen LogP contribution in [0, 0.1) is 0 Å². The molecule has 1 aliphatic rings. The van der Waals surface area contributed by atoms with Gasteiger partial charge in [-0.15, -0.1) is 0 Å². The number of hydrogen-bond acceptors (Lipinski definition) is 4. The molecule has 0 aliphatic carbocycles. The topological polar surface area (TPSA) is 75.4 Å². The molecule has 1 fully saturated rings. The summed E-state index contributed by atoms with van der Waals surface area (Å²) in [6.07, 6.45) is 1.98. The van der Waals surface area contributed by atoms with Gasteiger partial charge in [0.05, 0.1) is 18.8 Å². The van der Waals surface area contributed by atoms with Gasteiger partial charge in [0.1, 0.15) is 6.26 Å². The monoisotopic (exact) mass is 375 g/mol. The van der Waals surface area contributed by atoms with Gasteiger partial charge in [-0.2, -0.15) is 0 Å². The zero-order valence-electron chi connectivity index (χ0n) is 15.4. The Bertz CT molecular complexity index is 953. The highest BCUT2D eigenvalue weighted by Crippen LogP contribution is 2.27. The summed E-state index contributed by atoms with van der Waals surface area (Å²) < 4.78 is 5.47. The number of hydrogen-bond donors (Lipinski definition) is 1. The molecule has 1 unspecified atom stereocenters. The van der Waals surface area contributed by atoms with Crippen LogP contribution >= 0.6 is 0 Å². The second-order valence-corrected chi connectivity index (χ2v) is 6.87. The van der Waals surface area contributed by atoms with Crippen LogP contribution in [0.25, 0.3) is 11.5 Å². The minimum atomic E-state index is -0.202. The van der Waals surface area contributed by atoms with Crippen LogP contribution in [-0.4, -0.2) is 34.8 Å². The Morgan fingerprint density at radius 1 is 1.11 bits per heavy atom. The minimum Gasteiger partial charge on any atom is -0.444 e. The molecular weight excluding hydrogens is 354 g/mol. The Labute approximate surface area is 163 Å². The van der Waals surface area contributed by atoms with Gasteiger partial charge in [-0.3, -0.25) is 9.59 Å². The SMILES string of the molecule is O=C(CN1CC(c2ccccc2)CC1=O)NCc1coc(-c2ccccc2)n1. The average molecular weight is 375 g/mol. The quantitative estimate of drug-likeness (QED) is 0.719. The van der Waals surface area contributed by atoms with Crippen LogP contribution < -0.4 is 5.32 Å². The molecule has 6 heteroatoms. The third kappa shape index (κ3) is 4.11. The number of nitrogens with one attached hydrogen (secondary N) is 1. The van der Waals surface area contributed by atoms with Crippen molar-refractivity contribution in [3.05, 3.63) is 78.2 Å². The lowest BCUT2D eigenvalue weighted by molar-refractivity contribution is -0.133. The van der Waals surface area contributed by atoms with Crippen LogP contribution in [0.3, 0.4) is 0 Å². The molecule has 1 aliphatic heterocycles. The molecule has 1 N–H and O–H groups in total. The summed E-state index contributed by atoms with van der Waals surface area (Å²) in [6.45, 7) is 0.892. The van der Waals surface area contributed by atoms with E-state index in [1.165, 1.54) is 6.26 Å². The summed E-state index contributed by atoms with van der Waals surface area (Å²) in [5.74, 6) is 0.471. The van der Waals surface area contributed by atoms with Crippen molar-refractivity contribution in [1.29, 1.82) is 0 Å². The van der Waals surface area contributed by atoms with E-state index in [4.69, 9.17) is 4.42 Å². The van der Waals surface area contributed by atoms with Gasteiger partial charge >= 0.3 is 0 Å². The van der Waals surface area contributed by atoms with Gasteiger partial charge in [-0.05, 0) is 17.7 Å². The van der Waals surface area contributed by atoms with Gasteiger partial charge < -0.3 is 14.6 Å². The normalized spacial score (nSPS) is 16.4. The summed E-state index contributed by atoms with van der Waals surface area (Å²) in [5, 5.41) is 2.81. The first-order chi connectivity index (χ1) is 13.7. The molecule has 1 atom stereocenters. The molecule has 28 heavy (non-hydrogen) atoms. The second-order valence-electron chi connectivity index (χ2n) is 6.87. The third-order valence-electron chi connectivity index (χ3n) is 4.86. The first-order valence-electron chi connectivity index (χ1n) is 9.28. The lowest BCUT2D eigenvalue weighted by Gasteiger charge is -2.16. The zero-order chi connectivity index (χ0) is 19.3. The van der Waals surface area contributed by atoms with Crippen LogP contribution in [0.4, 0.5) is 0 Å². The Morgan fingerprint density at radius 3 is 2.57 bits per heavy atom. The lowest BCUT2D eigenvalue weighted by atomic mass is 9.99.